The van der Waals surface area contributed by atoms with Crippen molar-refractivity contribution in [2.45, 2.75) is 13.8 Å². The second-order valence-corrected chi connectivity index (χ2v) is 9.38. The highest BCUT2D eigenvalue weighted by Gasteiger charge is 2.22. The molecule has 27 heavy (non-hydrogen) atoms. The van der Waals surface area contributed by atoms with Crippen LogP contribution in [0.1, 0.15) is 11.1 Å². The van der Waals surface area contributed by atoms with Crippen LogP contribution in [0.3, 0.4) is 0 Å². The summed E-state index contributed by atoms with van der Waals surface area (Å²) in [5, 5.41) is 2.92. The van der Waals surface area contributed by atoms with E-state index in [1.807, 2.05) is 23.5 Å². The number of aryl methyl sites for hydroxylation is 2. The Bertz CT molecular complexity index is 1140. The van der Waals surface area contributed by atoms with Crippen LogP contribution in [-0.4, -0.2) is 36.1 Å². The van der Waals surface area contributed by atoms with Crippen LogP contribution in [0.5, 0.6) is 0 Å². The van der Waals surface area contributed by atoms with E-state index in [1.54, 1.807) is 11.3 Å². The molecule has 0 atom stereocenters. The molecular formula is C20H19ClN4S2. The lowest BCUT2D eigenvalue weighted by molar-refractivity contribution is 0.651. The smallest absolute Gasteiger partial charge is 0.186 e. The standard InChI is InChI=1S/C20H19ClN4S2/c1-12-10-13(2)18-15(11-12)22-19(27-18)24-6-8-25(9-7-24)20-23-17-14(21)4-3-5-16(17)26-20/h3-5,10-11H,6-9H2,1-2H3. The van der Waals surface area contributed by atoms with Crippen LogP contribution in [0, 0.1) is 13.8 Å². The second kappa shape index (κ2) is 6.62. The van der Waals surface area contributed by atoms with Gasteiger partial charge in [-0.1, -0.05) is 46.4 Å². The number of hydrogen-bond acceptors (Lipinski definition) is 6. The lowest BCUT2D eigenvalue weighted by Crippen LogP contribution is -2.46. The van der Waals surface area contributed by atoms with Crippen LogP contribution in [0.2, 0.25) is 5.02 Å². The fourth-order valence-corrected chi connectivity index (χ4v) is 6.01. The second-order valence-electron chi connectivity index (χ2n) is 6.98. The Balaban J connectivity index is 1.36. The first kappa shape index (κ1) is 17.2. The van der Waals surface area contributed by atoms with Gasteiger partial charge in [0, 0.05) is 26.2 Å². The summed E-state index contributed by atoms with van der Waals surface area (Å²) in [6.45, 7) is 8.13. The Morgan fingerprint density at radius 3 is 2.33 bits per heavy atom. The monoisotopic (exact) mass is 414 g/mol. The maximum absolute atomic E-state index is 6.29. The SMILES string of the molecule is Cc1cc(C)c2sc(N3CCN(c4nc5c(Cl)cccc5s4)CC3)nc2c1. The minimum atomic E-state index is 0.730. The largest absolute Gasteiger partial charge is 0.345 e. The van der Waals surface area contributed by atoms with Crippen molar-refractivity contribution in [2.75, 3.05) is 36.0 Å². The number of aromatic nitrogens is 2. The van der Waals surface area contributed by atoms with Gasteiger partial charge < -0.3 is 9.80 Å². The number of thiazole rings is 2. The number of anilines is 2. The van der Waals surface area contributed by atoms with Crippen LogP contribution in [0.4, 0.5) is 10.3 Å². The quantitative estimate of drug-likeness (QED) is 0.433. The molecule has 2 aromatic heterocycles. The Labute approximate surface area is 171 Å². The molecule has 1 aliphatic rings. The molecule has 0 radical (unpaired) electrons. The van der Waals surface area contributed by atoms with Gasteiger partial charge in [0.1, 0.15) is 5.52 Å². The molecule has 0 saturated carbocycles. The topological polar surface area (TPSA) is 32.3 Å². The van der Waals surface area contributed by atoms with Crippen LogP contribution in [0.25, 0.3) is 20.4 Å². The molecule has 0 unspecified atom stereocenters. The fourth-order valence-electron chi connectivity index (χ4n) is 3.63. The van der Waals surface area contributed by atoms with E-state index in [2.05, 4.69) is 41.8 Å². The van der Waals surface area contributed by atoms with Crippen LogP contribution >= 0.6 is 34.3 Å². The molecule has 0 amide bonds. The van der Waals surface area contributed by atoms with Crippen molar-refractivity contribution in [3.05, 3.63) is 46.5 Å². The van der Waals surface area contributed by atoms with E-state index in [1.165, 1.54) is 15.8 Å². The molecule has 4 nitrogen and oxygen atoms in total. The molecular weight excluding hydrogens is 396 g/mol. The number of hydrogen-bond donors (Lipinski definition) is 0. The summed E-state index contributed by atoms with van der Waals surface area (Å²) in [5.74, 6) is 0. The van der Waals surface area contributed by atoms with E-state index in [-0.39, 0.29) is 0 Å². The molecule has 138 valence electrons. The van der Waals surface area contributed by atoms with Crippen molar-refractivity contribution in [2.24, 2.45) is 0 Å². The summed E-state index contributed by atoms with van der Waals surface area (Å²) in [4.78, 5) is 14.4. The van der Waals surface area contributed by atoms with E-state index in [0.717, 1.165) is 57.2 Å². The highest BCUT2D eigenvalue weighted by atomic mass is 35.5. The summed E-state index contributed by atoms with van der Waals surface area (Å²) in [7, 11) is 0. The number of benzene rings is 2. The normalized spacial score (nSPS) is 15.2. The molecule has 0 aliphatic carbocycles. The van der Waals surface area contributed by atoms with Crippen molar-refractivity contribution in [1.29, 1.82) is 0 Å². The molecule has 5 rings (SSSR count). The van der Waals surface area contributed by atoms with Crippen molar-refractivity contribution >= 4 is 65.0 Å². The Hall–Kier alpha value is -1.89. The first-order valence-corrected chi connectivity index (χ1v) is 11.0. The zero-order chi connectivity index (χ0) is 18.5. The third-order valence-electron chi connectivity index (χ3n) is 4.99. The van der Waals surface area contributed by atoms with Gasteiger partial charge in [-0.25, -0.2) is 9.97 Å². The number of rotatable bonds is 2. The van der Waals surface area contributed by atoms with Crippen LogP contribution in [-0.2, 0) is 0 Å². The van der Waals surface area contributed by atoms with Gasteiger partial charge in [0.25, 0.3) is 0 Å². The van der Waals surface area contributed by atoms with Gasteiger partial charge in [0.05, 0.1) is 19.9 Å². The average molecular weight is 415 g/mol. The first-order chi connectivity index (χ1) is 13.1. The summed E-state index contributed by atoms with van der Waals surface area (Å²) in [5.41, 5.74) is 4.63. The fraction of sp³-hybridized carbons (Fsp3) is 0.300. The molecule has 3 heterocycles. The van der Waals surface area contributed by atoms with E-state index in [4.69, 9.17) is 21.6 Å². The molecule has 0 bridgehead atoms. The van der Waals surface area contributed by atoms with Gasteiger partial charge in [0.15, 0.2) is 10.3 Å². The number of piperazine rings is 1. The Kier molecular flexibility index (Phi) is 4.22. The van der Waals surface area contributed by atoms with E-state index < -0.39 is 0 Å². The van der Waals surface area contributed by atoms with E-state index >= 15 is 0 Å². The Morgan fingerprint density at radius 1 is 0.926 bits per heavy atom. The molecule has 7 heteroatoms. The lowest BCUT2D eigenvalue weighted by Gasteiger charge is -2.34. The molecule has 4 aromatic rings. The summed E-state index contributed by atoms with van der Waals surface area (Å²) in [6.07, 6.45) is 0. The van der Waals surface area contributed by atoms with Gasteiger partial charge in [-0.2, -0.15) is 0 Å². The van der Waals surface area contributed by atoms with Crippen LogP contribution < -0.4 is 9.80 Å². The minimum Gasteiger partial charge on any atom is -0.345 e. The van der Waals surface area contributed by atoms with Crippen molar-refractivity contribution in [3.8, 4) is 0 Å². The maximum Gasteiger partial charge on any atom is 0.186 e. The maximum atomic E-state index is 6.29. The number of halogens is 1. The summed E-state index contributed by atoms with van der Waals surface area (Å²) < 4.78 is 2.45. The molecule has 0 N–H and O–H groups in total. The van der Waals surface area contributed by atoms with E-state index in [9.17, 15) is 0 Å². The third kappa shape index (κ3) is 3.06. The predicted octanol–water partition coefficient (Wildman–Crippen LogP) is 5.50. The highest BCUT2D eigenvalue weighted by molar-refractivity contribution is 7.22. The van der Waals surface area contributed by atoms with Crippen molar-refractivity contribution in [1.82, 2.24) is 9.97 Å². The number of nitrogens with zero attached hydrogens (tertiary/aromatic N) is 4. The average Bonchev–Trinajstić information content (AvgIpc) is 3.27. The van der Waals surface area contributed by atoms with Gasteiger partial charge in [-0.15, -0.1) is 0 Å². The van der Waals surface area contributed by atoms with Crippen molar-refractivity contribution < 1.29 is 0 Å². The highest BCUT2D eigenvalue weighted by Crippen LogP contribution is 2.35. The zero-order valence-corrected chi connectivity index (χ0v) is 17.6. The molecule has 1 fully saturated rings. The third-order valence-corrected chi connectivity index (χ3v) is 7.64. The zero-order valence-electron chi connectivity index (χ0n) is 15.2. The van der Waals surface area contributed by atoms with Gasteiger partial charge in [0.2, 0.25) is 0 Å². The van der Waals surface area contributed by atoms with E-state index in [0.29, 0.717) is 0 Å². The first-order valence-electron chi connectivity index (χ1n) is 9.01. The Morgan fingerprint density at radius 2 is 1.63 bits per heavy atom. The summed E-state index contributed by atoms with van der Waals surface area (Å²) >= 11 is 9.81. The van der Waals surface area contributed by atoms with Gasteiger partial charge in [-0.05, 0) is 43.2 Å². The predicted molar refractivity (Wildman–Crippen MR) is 118 cm³/mol. The van der Waals surface area contributed by atoms with Crippen molar-refractivity contribution in [3.63, 3.8) is 0 Å². The van der Waals surface area contributed by atoms with Gasteiger partial charge >= 0.3 is 0 Å². The molecule has 2 aromatic carbocycles. The molecule has 1 saturated heterocycles. The lowest BCUT2D eigenvalue weighted by atomic mass is 10.1. The van der Waals surface area contributed by atoms with Crippen LogP contribution in [0.15, 0.2) is 30.3 Å². The minimum absolute atomic E-state index is 0.730. The summed E-state index contributed by atoms with van der Waals surface area (Å²) in [6, 6.07) is 10.4. The molecule has 0 spiro atoms. The molecule has 1 aliphatic heterocycles. The van der Waals surface area contributed by atoms with Gasteiger partial charge in [-0.3, -0.25) is 0 Å². The number of fused-ring (bicyclic) bond motifs is 2. The number of para-hydroxylation sites is 1.